The second-order valence-electron chi connectivity index (χ2n) is 4.91. The lowest BCUT2D eigenvalue weighted by Crippen LogP contribution is -2.40. The third-order valence-corrected chi connectivity index (χ3v) is 2.37. The van der Waals surface area contributed by atoms with Crippen molar-refractivity contribution in [3.8, 4) is 0 Å². The lowest BCUT2D eigenvalue weighted by atomic mass is 9.85. The first kappa shape index (κ1) is 11.9. The molecule has 0 radical (unpaired) electrons. The Bertz CT molecular complexity index is 324. The Labute approximate surface area is 91.5 Å². The van der Waals surface area contributed by atoms with Crippen molar-refractivity contribution in [2.45, 2.75) is 33.2 Å². The SMILES string of the molecule is CC(C)(C)C(=O)C(N)Cc1ccccc1. The minimum Gasteiger partial charge on any atom is -0.321 e. The van der Waals surface area contributed by atoms with E-state index in [2.05, 4.69) is 0 Å². The topological polar surface area (TPSA) is 43.1 Å². The number of Topliss-reactive ketones (excluding diaryl/α,β-unsaturated/α-hetero) is 1. The molecule has 0 fully saturated rings. The monoisotopic (exact) mass is 205 g/mol. The number of ketones is 1. The fraction of sp³-hybridized carbons (Fsp3) is 0.462. The van der Waals surface area contributed by atoms with E-state index in [4.69, 9.17) is 5.73 Å². The van der Waals surface area contributed by atoms with E-state index in [1.54, 1.807) is 0 Å². The first-order chi connectivity index (χ1) is 6.91. The third kappa shape index (κ3) is 3.48. The molecule has 0 spiro atoms. The van der Waals surface area contributed by atoms with Crippen molar-refractivity contribution >= 4 is 5.78 Å². The molecule has 2 nitrogen and oxygen atoms in total. The molecule has 0 saturated heterocycles. The molecule has 1 aromatic rings. The quantitative estimate of drug-likeness (QED) is 0.821. The van der Waals surface area contributed by atoms with Gasteiger partial charge in [0.05, 0.1) is 6.04 Å². The molecule has 1 rings (SSSR count). The fourth-order valence-electron chi connectivity index (χ4n) is 1.52. The zero-order valence-electron chi connectivity index (χ0n) is 9.66. The highest BCUT2D eigenvalue weighted by Gasteiger charge is 2.26. The van der Waals surface area contributed by atoms with Crippen LogP contribution in [0.3, 0.4) is 0 Å². The van der Waals surface area contributed by atoms with Crippen LogP contribution in [0, 0.1) is 5.41 Å². The number of rotatable bonds is 3. The fourth-order valence-corrected chi connectivity index (χ4v) is 1.52. The van der Waals surface area contributed by atoms with Gasteiger partial charge in [-0.2, -0.15) is 0 Å². The summed E-state index contributed by atoms with van der Waals surface area (Å²) in [4.78, 5) is 11.8. The molecule has 0 bridgehead atoms. The van der Waals surface area contributed by atoms with E-state index in [1.165, 1.54) is 0 Å². The second kappa shape index (κ2) is 4.58. The number of hydrogen-bond donors (Lipinski definition) is 1. The van der Waals surface area contributed by atoms with Gasteiger partial charge in [-0.05, 0) is 12.0 Å². The van der Waals surface area contributed by atoms with E-state index in [-0.39, 0.29) is 11.2 Å². The molecule has 0 aliphatic heterocycles. The predicted molar refractivity (Wildman–Crippen MR) is 62.6 cm³/mol. The molecule has 0 aromatic heterocycles. The summed E-state index contributed by atoms with van der Waals surface area (Å²) in [5.41, 5.74) is 6.65. The summed E-state index contributed by atoms with van der Waals surface area (Å²) < 4.78 is 0. The number of hydrogen-bond acceptors (Lipinski definition) is 2. The highest BCUT2D eigenvalue weighted by atomic mass is 16.1. The van der Waals surface area contributed by atoms with Crippen molar-refractivity contribution in [2.24, 2.45) is 11.1 Å². The number of carbonyl (C=O) groups excluding carboxylic acids is 1. The van der Waals surface area contributed by atoms with Gasteiger partial charge in [0.25, 0.3) is 0 Å². The zero-order valence-corrected chi connectivity index (χ0v) is 9.66. The molecular formula is C13H19NO. The minimum atomic E-state index is -0.396. The maximum atomic E-state index is 11.8. The Morgan fingerprint density at radius 2 is 1.80 bits per heavy atom. The van der Waals surface area contributed by atoms with Crippen molar-refractivity contribution in [2.75, 3.05) is 0 Å². The van der Waals surface area contributed by atoms with Gasteiger partial charge < -0.3 is 5.73 Å². The van der Waals surface area contributed by atoms with Crippen LogP contribution in [0.25, 0.3) is 0 Å². The molecule has 82 valence electrons. The van der Waals surface area contributed by atoms with Crippen molar-refractivity contribution in [3.05, 3.63) is 35.9 Å². The molecule has 0 saturated carbocycles. The first-order valence-corrected chi connectivity index (χ1v) is 5.25. The molecule has 2 heteroatoms. The minimum absolute atomic E-state index is 0.117. The first-order valence-electron chi connectivity index (χ1n) is 5.25. The van der Waals surface area contributed by atoms with Crippen LogP contribution in [0.2, 0.25) is 0 Å². The molecular weight excluding hydrogens is 186 g/mol. The summed E-state index contributed by atoms with van der Waals surface area (Å²) in [6.07, 6.45) is 0.622. The predicted octanol–water partition coefficient (Wildman–Crippen LogP) is 2.17. The molecule has 0 heterocycles. The summed E-state index contributed by atoms with van der Waals surface area (Å²) in [5.74, 6) is 0.117. The number of carbonyl (C=O) groups is 1. The Kier molecular flexibility index (Phi) is 3.64. The molecule has 0 aliphatic rings. The van der Waals surface area contributed by atoms with Gasteiger partial charge in [-0.3, -0.25) is 4.79 Å². The van der Waals surface area contributed by atoms with Crippen molar-refractivity contribution < 1.29 is 4.79 Å². The smallest absolute Gasteiger partial charge is 0.155 e. The number of nitrogens with two attached hydrogens (primary N) is 1. The van der Waals surface area contributed by atoms with Gasteiger partial charge in [0, 0.05) is 5.41 Å². The second-order valence-corrected chi connectivity index (χ2v) is 4.91. The highest BCUT2D eigenvalue weighted by molar-refractivity contribution is 5.88. The van der Waals surface area contributed by atoms with Crippen LogP contribution in [-0.4, -0.2) is 11.8 Å². The van der Waals surface area contributed by atoms with Gasteiger partial charge in [-0.25, -0.2) is 0 Å². The van der Waals surface area contributed by atoms with Crippen LogP contribution in [0.4, 0.5) is 0 Å². The average Bonchev–Trinajstić information content (AvgIpc) is 2.16. The molecule has 15 heavy (non-hydrogen) atoms. The molecule has 1 aromatic carbocycles. The third-order valence-electron chi connectivity index (χ3n) is 2.37. The van der Waals surface area contributed by atoms with Gasteiger partial charge in [0.1, 0.15) is 0 Å². The lowest BCUT2D eigenvalue weighted by molar-refractivity contribution is -0.127. The molecule has 2 N–H and O–H groups in total. The summed E-state index contributed by atoms with van der Waals surface area (Å²) in [6, 6.07) is 9.48. The summed E-state index contributed by atoms with van der Waals surface area (Å²) in [5, 5.41) is 0. The lowest BCUT2D eigenvalue weighted by Gasteiger charge is -2.21. The molecule has 0 amide bonds. The molecule has 0 aliphatic carbocycles. The standard InChI is InChI=1S/C13H19NO/c1-13(2,3)12(15)11(14)9-10-7-5-4-6-8-10/h4-8,11H,9,14H2,1-3H3. The summed E-state index contributed by atoms with van der Waals surface area (Å²) >= 11 is 0. The molecule has 1 unspecified atom stereocenters. The van der Waals surface area contributed by atoms with Gasteiger partial charge in [0.15, 0.2) is 5.78 Å². The highest BCUT2D eigenvalue weighted by Crippen LogP contribution is 2.17. The Morgan fingerprint density at radius 1 is 1.27 bits per heavy atom. The van der Waals surface area contributed by atoms with Gasteiger partial charge >= 0.3 is 0 Å². The van der Waals surface area contributed by atoms with E-state index in [9.17, 15) is 4.79 Å². The van der Waals surface area contributed by atoms with Gasteiger partial charge in [-0.15, -0.1) is 0 Å². The van der Waals surface area contributed by atoms with Crippen molar-refractivity contribution in [3.63, 3.8) is 0 Å². The average molecular weight is 205 g/mol. The Balaban J connectivity index is 2.65. The van der Waals surface area contributed by atoms with E-state index in [1.807, 2.05) is 51.1 Å². The zero-order chi connectivity index (χ0) is 11.5. The Morgan fingerprint density at radius 3 is 2.27 bits per heavy atom. The van der Waals surface area contributed by atoms with E-state index in [0.717, 1.165) is 5.56 Å². The summed E-state index contributed by atoms with van der Waals surface area (Å²) in [6.45, 7) is 5.71. The Hall–Kier alpha value is -1.15. The largest absolute Gasteiger partial charge is 0.321 e. The summed E-state index contributed by atoms with van der Waals surface area (Å²) in [7, 11) is 0. The van der Waals surface area contributed by atoms with E-state index in [0.29, 0.717) is 6.42 Å². The van der Waals surface area contributed by atoms with E-state index < -0.39 is 6.04 Å². The van der Waals surface area contributed by atoms with Gasteiger partial charge in [0.2, 0.25) is 0 Å². The van der Waals surface area contributed by atoms with Crippen molar-refractivity contribution in [1.29, 1.82) is 0 Å². The van der Waals surface area contributed by atoms with Crippen LogP contribution in [0.5, 0.6) is 0 Å². The van der Waals surface area contributed by atoms with Crippen LogP contribution in [0.1, 0.15) is 26.3 Å². The number of benzene rings is 1. The van der Waals surface area contributed by atoms with Crippen LogP contribution >= 0.6 is 0 Å². The van der Waals surface area contributed by atoms with Crippen LogP contribution < -0.4 is 5.73 Å². The maximum absolute atomic E-state index is 11.8. The van der Waals surface area contributed by atoms with Crippen molar-refractivity contribution in [1.82, 2.24) is 0 Å². The van der Waals surface area contributed by atoms with Crippen LogP contribution in [-0.2, 0) is 11.2 Å². The van der Waals surface area contributed by atoms with E-state index >= 15 is 0 Å². The maximum Gasteiger partial charge on any atom is 0.155 e. The van der Waals surface area contributed by atoms with Crippen LogP contribution in [0.15, 0.2) is 30.3 Å². The van der Waals surface area contributed by atoms with Gasteiger partial charge in [-0.1, -0.05) is 51.1 Å². The normalized spacial score (nSPS) is 13.6. The molecule has 1 atom stereocenters.